The van der Waals surface area contributed by atoms with E-state index in [0.717, 1.165) is 49.4 Å². The molecule has 0 radical (unpaired) electrons. The van der Waals surface area contributed by atoms with Gasteiger partial charge in [-0.3, -0.25) is 0 Å². The lowest BCUT2D eigenvalue weighted by Gasteiger charge is -2.25. The molecule has 2 heterocycles. The number of quaternary nitrogens is 1. The number of aliphatic hydroxyl groups is 1. The molecule has 0 aliphatic carbocycles. The van der Waals surface area contributed by atoms with Gasteiger partial charge in [0, 0.05) is 23.4 Å². The van der Waals surface area contributed by atoms with Crippen molar-refractivity contribution in [2.45, 2.75) is 11.3 Å². The third kappa shape index (κ3) is 4.49. The van der Waals surface area contributed by atoms with Gasteiger partial charge in [-0.15, -0.1) is 10.2 Å². The van der Waals surface area contributed by atoms with E-state index in [1.165, 1.54) is 16.7 Å². The molecule has 2 aromatic rings. The number of morpholine rings is 1. The highest BCUT2D eigenvalue weighted by Gasteiger charge is 2.19. The second-order valence-electron chi connectivity index (χ2n) is 5.90. The largest absolute Gasteiger partial charge is 0.386 e. The first-order valence-corrected chi connectivity index (χ1v) is 9.37. The minimum Gasteiger partial charge on any atom is -0.386 e. The Labute approximate surface area is 150 Å². The van der Waals surface area contributed by atoms with Crippen molar-refractivity contribution in [3.8, 4) is 11.4 Å². The first kappa shape index (κ1) is 17.7. The normalized spacial score (nSPS) is 17.1. The molecule has 6 nitrogen and oxygen atoms in total. The fraction of sp³-hybridized carbons (Fsp3) is 0.500. The molecular formula is C16H22ClN4O2S+. The fourth-order valence-corrected chi connectivity index (χ4v) is 3.68. The van der Waals surface area contributed by atoms with E-state index >= 15 is 0 Å². The molecule has 1 fully saturated rings. The van der Waals surface area contributed by atoms with Crippen molar-refractivity contribution >= 4 is 23.4 Å². The average molecular weight is 370 g/mol. The summed E-state index contributed by atoms with van der Waals surface area (Å²) in [6, 6.07) is 7.54. The van der Waals surface area contributed by atoms with E-state index in [-0.39, 0.29) is 6.10 Å². The zero-order chi connectivity index (χ0) is 16.9. The van der Waals surface area contributed by atoms with Gasteiger partial charge in [-0.25, -0.2) is 0 Å². The Morgan fingerprint density at radius 2 is 2.00 bits per heavy atom. The zero-order valence-electron chi connectivity index (χ0n) is 13.6. The SMILES string of the molecule is Cn1c(SC[C@@H](O)C[NH+]2CCOCC2)nnc1-c1ccc(Cl)cc1. The number of ether oxygens (including phenoxy) is 1. The Balaban J connectivity index is 1.56. The van der Waals surface area contributed by atoms with Crippen LogP contribution in [0.1, 0.15) is 0 Å². The molecule has 0 saturated carbocycles. The topological polar surface area (TPSA) is 64.6 Å². The minimum atomic E-state index is -0.362. The highest BCUT2D eigenvalue weighted by Crippen LogP contribution is 2.24. The van der Waals surface area contributed by atoms with Crippen LogP contribution in [0.3, 0.4) is 0 Å². The Hall–Kier alpha value is -1.12. The van der Waals surface area contributed by atoms with E-state index < -0.39 is 0 Å². The molecule has 0 amide bonds. The highest BCUT2D eigenvalue weighted by molar-refractivity contribution is 7.99. The van der Waals surface area contributed by atoms with Crippen molar-refractivity contribution in [1.29, 1.82) is 0 Å². The van der Waals surface area contributed by atoms with Crippen molar-refractivity contribution < 1.29 is 14.7 Å². The first-order valence-electron chi connectivity index (χ1n) is 8.01. The number of benzene rings is 1. The standard InChI is InChI=1S/C16H21ClN4O2S/c1-20-15(12-2-4-13(17)5-3-12)18-19-16(20)24-11-14(22)10-21-6-8-23-9-7-21/h2-5,14,22H,6-11H2,1H3/p+1/t14-/m0/s1. The van der Waals surface area contributed by atoms with E-state index in [4.69, 9.17) is 16.3 Å². The number of rotatable bonds is 6. The molecule has 2 N–H and O–H groups in total. The van der Waals surface area contributed by atoms with E-state index in [9.17, 15) is 5.11 Å². The van der Waals surface area contributed by atoms with Gasteiger partial charge in [0.1, 0.15) is 25.7 Å². The summed E-state index contributed by atoms with van der Waals surface area (Å²) in [7, 11) is 1.94. The van der Waals surface area contributed by atoms with Crippen molar-refractivity contribution in [2.75, 3.05) is 38.6 Å². The van der Waals surface area contributed by atoms with Crippen molar-refractivity contribution in [1.82, 2.24) is 14.8 Å². The Morgan fingerprint density at radius 3 is 2.71 bits per heavy atom. The van der Waals surface area contributed by atoms with Gasteiger partial charge in [-0.2, -0.15) is 0 Å². The molecule has 8 heteroatoms. The average Bonchev–Trinajstić information content (AvgIpc) is 2.95. The molecule has 1 aliphatic heterocycles. The molecule has 1 saturated heterocycles. The van der Waals surface area contributed by atoms with Gasteiger partial charge in [0.2, 0.25) is 0 Å². The summed E-state index contributed by atoms with van der Waals surface area (Å²) in [5, 5.41) is 20.2. The summed E-state index contributed by atoms with van der Waals surface area (Å²) >= 11 is 7.46. The van der Waals surface area contributed by atoms with Gasteiger partial charge in [0.15, 0.2) is 11.0 Å². The quantitative estimate of drug-likeness (QED) is 0.726. The lowest BCUT2D eigenvalue weighted by Crippen LogP contribution is -3.15. The highest BCUT2D eigenvalue weighted by atomic mass is 35.5. The summed E-state index contributed by atoms with van der Waals surface area (Å²) in [5.74, 6) is 1.40. The predicted octanol–water partition coefficient (Wildman–Crippen LogP) is 0.504. The number of hydrogen-bond donors (Lipinski definition) is 2. The van der Waals surface area contributed by atoms with E-state index in [1.54, 1.807) is 0 Å². The molecule has 0 spiro atoms. The fourth-order valence-electron chi connectivity index (χ4n) is 2.72. The van der Waals surface area contributed by atoms with Crippen LogP contribution in [0.25, 0.3) is 11.4 Å². The Morgan fingerprint density at radius 1 is 1.29 bits per heavy atom. The smallest absolute Gasteiger partial charge is 0.191 e. The third-order valence-electron chi connectivity index (χ3n) is 4.07. The van der Waals surface area contributed by atoms with Crippen LogP contribution in [0.5, 0.6) is 0 Å². The van der Waals surface area contributed by atoms with E-state index in [2.05, 4.69) is 10.2 Å². The number of thioether (sulfide) groups is 1. The lowest BCUT2D eigenvalue weighted by atomic mass is 10.2. The van der Waals surface area contributed by atoms with Crippen LogP contribution in [-0.4, -0.2) is 64.6 Å². The summed E-state index contributed by atoms with van der Waals surface area (Å²) < 4.78 is 7.29. The minimum absolute atomic E-state index is 0.362. The molecule has 0 unspecified atom stereocenters. The Kier molecular flexibility index (Phi) is 6.13. The number of aliphatic hydroxyl groups excluding tert-OH is 1. The number of hydrogen-bond acceptors (Lipinski definition) is 5. The molecule has 1 aromatic carbocycles. The summed E-state index contributed by atoms with van der Waals surface area (Å²) in [6.45, 7) is 4.24. The van der Waals surface area contributed by atoms with Gasteiger partial charge < -0.3 is 19.3 Å². The van der Waals surface area contributed by atoms with Gasteiger partial charge in [-0.05, 0) is 24.3 Å². The maximum atomic E-state index is 10.3. The van der Waals surface area contributed by atoms with E-state index in [1.807, 2.05) is 35.9 Å². The molecule has 130 valence electrons. The van der Waals surface area contributed by atoms with Crippen LogP contribution in [0.4, 0.5) is 0 Å². The number of nitrogens with zero attached hydrogens (tertiary/aromatic N) is 3. The maximum Gasteiger partial charge on any atom is 0.191 e. The van der Waals surface area contributed by atoms with Crippen LogP contribution in [0.15, 0.2) is 29.4 Å². The first-order chi connectivity index (χ1) is 11.6. The number of nitrogens with one attached hydrogen (secondary N) is 1. The van der Waals surface area contributed by atoms with Crippen molar-refractivity contribution in [3.63, 3.8) is 0 Å². The molecule has 24 heavy (non-hydrogen) atoms. The van der Waals surface area contributed by atoms with Crippen LogP contribution < -0.4 is 4.90 Å². The third-order valence-corrected chi connectivity index (χ3v) is 5.48. The van der Waals surface area contributed by atoms with Crippen LogP contribution >= 0.6 is 23.4 Å². The number of halogens is 1. The molecule has 3 rings (SSSR count). The van der Waals surface area contributed by atoms with Crippen LogP contribution in [0, 0.1) is 0 Å². The molecular weight excluding hydrogens is 348 g/mol. The monoisotopic (exact) mass is 369 g/mol. The van der Waals surface area contributed by atoms with Gasteiger partial charge in [0.05, 0.1) is 13.2 Å². The Bertz CT molecular complexity index is 659. The molecule has 1 aliphatic rings. The van der Waals surface area contributed by atoms with Gasteiger partial charge in [-0.1, -0.05) is 23.4 Å². The predicted molar refractivity (Wildman–Crippen MR) is 94.6 cm³/mol. The summed E-state index contributed by atoms with van der Waals surface area (Å²) in [4.78, 5) is 1.40. The van der Waals surface area contributed by atoms with Crippen molar-refractivity contribution in [2.24, 2.45) is 7.05 Å². The zero-order valence-corrected chi connectivity index (χ0v) is 15.2. The van der Waals surface area contributed by atoms with Gasteiger partial charge in [0.25, 0.3) is 0 Å². The van der Waals surface area contributed by atoms with Crippen LogP contribution in [-0.2, 0) is 11.8 Å². The molecule has 1 aromatic heterocycles. The second-order valence-corrected chi connectivity index (χ2v) is 7.33. The van der Waals surface area contributed by atoms with Gasteiger partial charge >= 0.3 is 0 Å². The summed E-state index contributed by atoms with van der Waals surface area (Å²) in [5.41, 5.74) is 0.972. The van der Waals surface area contributed by atoms with E-state index in [0.29, 0.717) is 10.8 Å². The summed E-state index contributed by atoms with van der Waals surface area (Å²) in [6.07, 6.45) is -0.362. The maximum absolute atomic E-state index is 10.3. The molecule has 1 atom stereocenters. The van der Waals surface area contributed by atoms with Crippen LogP contribution in [0.2, 0.25) is 5.02 Å². The lowest BCUT2D eigenvalue weighted by molar-refractivity contribution is -0.910. The second kappa shape index (κ2) is 8.31. The molecule has 0 bridgehead atoms. The number of aromatic nitrogens is 3. The van der Waals surface area contributed by atoms with Crippen molar-refractivity contribution in [3.05, 3.63) is 29.3 Å².